The number of carbonyl (C=O) groups is 1. The molecule has 0 aromatic heterocycles. The largest absolute Gasteiger partial charge is 0.443 e. The van der Waals surface area contributed by atoms with Crippen LogP contribution in [0.5, 0.6) is 0 Å². The van der Waals surface area contributed by atoms with Crippen LogP contribution in [0, 0.1) is 6.92 Å². The Hall–Kier alpha value is -1.56. The van der Waals surface area contributed by atoms with E-state index in [1.54, 1.807) is 26.0 Å². The molecular weight excluding hydrogens is 266 g/mol. The SMILES string of the molecule is CCC(C)(C)OC(=O)NS(=O)(=O)c1ccc(C)cc1. The Labute approximate surface area is 114 Å². The maximum absolute atomic E-state index is 11.9. The molecule has 0 aliphatic rings. The topological polar surface area (TPSA) is 72.5 Å². The third-order valence-electron chi connectivity index (χ3n) is 2.77. The maximum atomic E-state index is 11.9. The van der Waals surface area contributed by atoms with E-state index in [1.807, 2.05) is 18.6 Å². The first-order valence-corrected chi connectivity index (χ1v) is 7.47. The van der Waals surface area contributed by atoms with Gasteiger partial charge in [-0.25, -0.2) is 17.9 Å². The van der Waals surface area contributed by atoms with Crippen molar-refractivity contribution >= 4 is 16.1 Å². The molecule has 0 unspecified atom stereocenters. The number of carbonyl (C=O) groups excluding carboxylic acids is 1. The van der Waals surface area contributed by atoms with Crippen molar-refractivity contribution in [3.05, 3.63) is 29.8 Å². The predicted octanol–water partition coefficient (Wildman–Crippen LogP) is 2.60. The second-order valence-electron chi connectivity index (χ2n) is 4.92. The molecule has 106 valence electrons. The van der Waals surface area contributed by atoms with Crippen LogP contribution in [0.25, 0.3) is 0 Å². The predicted molar refractivity (Wildman–Crippen MR) is 72.4 cm³/mol. The second kappa shape index (κ2) is 5.61. The molecule has 0 bridgehead atoms. The van der Waals surface area contributed by atoms with Crippen molar-refractivity contribution < 1.29 is 17.9 Å². The van der Waals surface area contributed by atoms with Crippen LogP contribution in [-0.4, -0.2) is 20.1 Å². The Balaban J connectivity index is 2.81. The van der Waals surface area contributed by atoms with E-state index >= 15 is 0 Å². The summed E-state index contributed by atoms with van der Waals surface area (Å²) in [6, 6.07) is 6.21. The van der Waals surface area contributed by atoms with Crippen molar-refractivity contribution in [2.24, 2.45) is 0 Å². The van der Waals surface area contributed by atoms with Crippen LogP contribution in [0.15, 0.2) is 29.2 Å². The highest BCUT2D eigenvalue weighted by Crippen LogP contribution is 2.15. The van der Waals surface area contributed by atoms with Crippen LogP contribution in [0.1, 0.15) is 32.8 Å². The van der Waals surface area contributed by atoms with Gasteiger partial charge in [0.2, 0.25) is 0 Å². The summed E-state index contributed by atoms with van der Waals surface area (Å²) < 4.78 is 30.8. The van der Waals surface area contributed by atoms with Crippen LogP contribution < -0.4 is 4.72 Å². The molecule has 1 N–H and O–H groups in total. The highest BCUT2D eigenvalue weighted by molar-refractivity contribution is 7.90. The van der Waals surface area contributed by atoms with Gasteiger partial charge in [0.25, 0.3) is 10.0 Å². The first kappa shape index (κ1) is 15.5. The number of benzene rings is 1. The van der Waals surface area contributed by atoms with Gasteiger partial charge in [-0.3, -0.25) is 0 Å². The quantitative estimate of drug-likeness (QED) is 0.923. The number of hydrogen-bond donors (Lipinski definition) is 1. The number of ether oxygens (including phenoxy) is 1. The van der Waals surface area contributed by atoms with E-state index in [0.29, 0.717) is 6.42 Å². The highest BCUT2D eigenvalue weighted by atomic mass is 32.2. The Morgan fingerprint density at radius 3 is 2.26 bits per heavy atom. The summed E-state index contributed by atoms with van der Waals surface area (Å²) in [5, 5.41) is 0. The van der Waals surface area contributed by atoms with Crippen molar-refractivity contribution in [1.29, 1.82) is 0 Å². The van der Waals surface area contributed by atoms with Crippen molar-refractivity contribution in [3.8, 4) is 0 Å². The molecule has 0 saturated carbocycles. The molecule has 1 amide bonds. The number of aryl methyl sites for hydroxylation is 1. The minimum absolute atomic E-state index is 0.0318. The summed E-state index contributed by atoms with van der Waals surface area (Å²) in [5.41, 5.74) is 0.237. The summed E-state index contributed by atoms with van der Waals surface area (Å²) in [6.45, 7) is 7.12. The molecule has 6 heteroatoms. The van der Waals surface area contributed by atoms with Crippen LogP contribution in [0.2, 0.25) is 0 Å². The second-order valence-corrected chi connectivity index (χ2v) is 6.60. The Morgan fingerprint density at radius 1 is 1.26 bits per heavy atom. The van der Waals surface area contributed by atoms with Crippen LogP contribution in [-0.2, 0) is 14.8 Å². The van der Waals surface area contributed by atoms with Crippen molar-refractivity contribution in [2.75, 3.05) is 0 Å². The molecule has 0 saturated heterocycles. The maximum Gasteiger partial charge on any atom is 0.421 e. The lowest BCUT2D eigenvalue weighted by atomic mass is 10.1. The van der Waals surface area contributed by atoms with E-state index in [-0.39, 0.29) is 4.90 Å². The number of rotatable bonds is 4. The Bertz CT molecular complexity index is 547. The molecule has 0 atom stereocenters. The standard InChI is InChI=1S/C13H19NO4S/c1-5-13(3,4)18-12(15)14-19(16,17)11-8-6-10(2)7-9-11/h6-9H,5H2,1-4H3,(H,14,15). The van der Waals surface area contributed by atoms with Gasteiger partial charge in [-0.05, 0) is 39.3 Å². The van der Waals surface area contributed by atoms with Gasteiger partial charge in [0.15, 0.2) is 0 Å². The zero-order chi connectivity index (χ0) is 14.7. The summed E-state index contributed by atoms with van der Waals surface area (Å²) in [4.78, 5) is 11.6. The van der Waals surface area contributed by atoms with E-state index in [9.17, 15) is 13.2 Å². The first-order chi connectivity index (χ1) is 8.66. The molecule has 1 aromatic rings. The number of amides is 1. The lowest BCUT2D eigenvalue weighted by molar-refractivity contribution is 0.0402. The summed E-state index contributed by atoms with van der Waals surface area (Å²) in [6.07, 6.45) is -0.377. The van der Waals surface area contributed by atoms with Gasteiger partial charge in [0.1, 0.15) is 5.60 Å². The van der Waals surface area contributed by atoms with E-state index in [1.165, 1.54) is 12.1 Å². The van der Waals surface area contributed by atoms with Crippen molar-refractivity contribution in [1.82, 2.24) is 4.72 Å². The van der Waals surface area contributed by atoms with Crippen LogP contribution in [0.4, 0.5) is 4.79 Å². The zero-order valence-corrected chi connectivity index (χ0v) is 12.4. The molecule has 19 heavy (non-hydrogen) atoms. The monoisotopic (exact) mass is 285 g/mol. The average Bonchev–Trinajstić information content (AvgIpc) is 2.28. The lowest BCUT2D eigenvalue weighted by Crippen LogP contribution is -2.37. The van der Waals surface area contributed by atoms with Crippen molar-refractivity contribution in [3.63, 3.8) is 0 Å². The number of nitrogens with one attached hydrogen (secondary N) is 1. The molecule has 1 rings (SSSR count). The Kier molecular flexibility index (Phi) is 4.57. The molecule has 0 radical (unpaired) electrons. The van der Waals surface area contributed by atoms with Gasteiger partial charge in [-0.15, -0.1) is 0 Å². The fourth-order valence-corrected chi connectivity index (χ4v) is 2.10. The van der Waals surface area contributed by atoms with E-state index in [0.717, 1.165) is 5.56 Å². The molecule has 0 spiro atoms. The average molecular weight is 285 g/mol. The van der Waals surface area contributed by atoms with Gasteiger partial charge in [0, 0.05) is 0 Å². The fraction of sp³-hybridized carbons (Fsp3) is 0.462. The summed E-state index contributed by atoms with van der Waals surface area (Å²) in [7, 11) is -3.88. The van der Waals surface area contributed by atoms with Crippen molar-refractivity contribution in [2.45, 2.75) is 44.6 Å². The van der Waals surface area contributed by atoms with E-state index < -0.39 is 21.7 Å². The van der Waals surface area contributed by atoms with Gasteiger partial charge in [-0.2, -0.15) is 0 Å². The number of hydrogen-bond acceptors (Lipinski definition) is 4. The minimum Gasteiger partial charge on any atom is -0.443 e. The van der Waals surface area contributed by atoms with E-state index in [2.05, 4.69) is 0 Å². The zero-order valence-electron chi connectivity index (χ0n) is 11.6. The van der Waals surface area contributed by atoms with Crippen LogP contribution in [0.3, 0.4) is 0 Å². The van der Waals surface area contributed by atoms with E-state index in [4.69, 9.17) is 4.74 Å². The summed E-state index contributed by atoms with van der Waals surface area (Å²) >= 11 is 0. The van der Waals surface area contributed by atoms with Gasteiger partial charge in [-0.1, -0.05) is 24.6 Å². The smallest absolute Gasteiger partial charge is 0.421 e. The Morgan fingerprint density at radius 2 is 1.79 bits per heavy atom. The molecule has 0 heterocycles. The third-order valence-corrected chi connectivity index (χ3v) is 4.10. The van der Waals surface area contributed by atoms with Gasteiger partial charge < -0.3 is 4.74 Å². The first-order valence-electron chi connectivity index (χ1n) is 5.99. The molecule has 1 aromatic carbocycles. The third kappa shape index (κ3) is 4.55. The molecule has 0 aliphatic heterocycles. The van der Waals surface area contributed by atoms with Crippen LogP contribution >= 0.6 is 0 Å². The fourth-order valence-electron chi connectivity index (χ4n) is 1.23. The molecule has 5 nitrogen and oxygen atoms in total. The number of sulfonamides is 1. The lowest BCUT2D eigenvalue weighted by Gasteiger charge is -2.23. The normalized spacial score (nSPS) is 12.0. The molecular formula is C13H19NO4S. The molecule has 0 fully saturated rings. The van der Waals surface area contributed by atoms with Gasteiger partial charge >= 0.3 is 6.09 Å². The molecule has 0 aliphatic carbocycles. The summed E-state index contributed by atoms with van der Waals surface area (Å²) in [5.74, 6) is 0. The van der Waals surface area contributed by atoms with Gasteiger partial charge in [0.05, 0.1) is 4.90 Å². The highest BCUT2D eigenvalue weighted by Gasteiger charge is 2.24. The minimum atomic E-state index is -3.88.